The molecule has 1 nitrogen and oxygen atoms in total. The van der Waals surface area contributed by atoms with E-state index in [1.165, 1.54) is 22.0 Å². The summed E-state index contributed by atoms with van der Waals surface area (Å²) in [5, 5.41) is 0. The molecule has 0 aliphatic heterocycles. The lowest BCUT2D eigenvalue weighted by Crippen LogP contribution is -1.89. The number of rotatable bonds is 1. The van der Waals surface area contributed by atoms with E-state index in [4.69, 9.17) is 0 Å². The minimum absolute atomic E-state index is 0.851. The molecule has 1 aromatic rings. The lowest BCUT2D eigenvalue weighted by molar-refractivity contribution is 1.06. The second-order valence-corrected chi connectivity index (χ2v) is 4.28. The third-order valence-corrected chi connectivity index (χ3v) is 2.94. The first-order valence-corrected chi connectivity index (χ1v) is 4.97. The minimum atomic E-state index is 0.851. The van der Waals surface area contributed by atoms with Crippen LogP contribution in [0.5, 0.6) is 0 Å². The van der Waals surface area contributed by atoms with Crippen LogP contribution in [-0.2, 0) is 0 Å². The van der Waals surface area contributed by atoms with Crippen LogP contribution in [0.4, 0.5) is 0 Å². The Labute approximate surface area is 80.4 Å². The molecule has 11 heavy (non-hydrogen) atoms. The Morgan fingerprint density at radius 3 is 2.91 bits per heavy atom. The van der Waals surface area contributed by atoms with E-state index in [1.807, 2.05) is 6.20 Å². The Hall–Kier alpha value is -0.120. The number of hydrogen-bond acceptors (Lipinski definition) is 1. The van der Waals surface area contributed by atoms with Crippen molar-refractivity contribution in [2.24, 2.45) is 0 Å². The minimum Gasteiger partial charge on any atom is -0.260 e. The van der Waals surface area contributed by atoms with Crippen LogP contribution in [0.25, 0.3) is 0 Å². The van der Waals surface area contributed by atoms with Crippen LogP contribution < -0.4 is 0 Å². The molecule has 0 unspecified atom stereocenters. The average Bonchev–Trinajstić information content (AvgIpc) is 2.76. The van der Waals surface area contributed by atoms with E-state index in [9.17, 15) is 0 Å². The molecule has 0 spiro atoms. The molecule has 0 radical (unpaired) electrons. The van der Waals surface area contributed by atoms with Gasteiger partial charge in [0, 0.05) is 15.5 Å². The lowest BCUT2D eigenvalue weighted by Gasteiger charge is -2.01. The Morgan fingerprint density at radius 2 is 2.27 bits per heavy atom. The summed E-state index contributed by atoms with van der Waals surface area (Å²) in [4.78, 5) is 4.24. The van der Waals surface area contributed by atoms with Crippen molar-refractivity contribution in [3.8, 4) is 0 Å². The molecule has 1 aliphatic rings. The van der Waals surface area contributed by atoms with Crippen LogP contribution in [0.3, 0.4) is 0 Å². The quantitative estimate of drug-likeness (QED) is 0.706. The lowest BCUT2D eigenvalue weighted by atomic mass is 10.1. The van der Waals surface area contributed by atoms with Crippen molar-refractivity contribution < 1.29 is 0 Å². The molecule has 1 saturated carbocycles. The summed E-state index contributed by atoms with van der Waals surface area (Å²) in [6.07, 6.45) is 4.72. The third kappa shape index (κ3) is 1.55. The summed E-state index contributed by atoms with van der Waals surface area (Å²) in [5.74, 6) is 0.851. The van der Waals surface area contributed by atoms with Gasteiger partial charge in [-0.25, -0.2) is 0 Å². The molecule has 1 aliphatic carbocycles. The molecule has 0 aromatic carbocycles. The molecule has 2 rings (SSSR count). The highest BCUT2D eigenvalue weighted by molar-refractivity contribution is 14.1. The van der Waals surface area contributed by atoms with Gasteiger partial charge in [-0.1, -0.05) is 0 Å². The summed E-state index contributed by atoms with van der Waals surface area (Å²) in [6, 6.07) is 2.22. The molecule has 1 heterocycles. The van der Waals surface area contributed by atoms with Gasteiger partial charge in [-0.05, 0) is 59.9 Å². The fourth-order valence-electron chi connectivity index (χ4n) is 1.27. The summed E-state index contributed by atoms with van der Waals surface area (Å²) < 4.78 is 1.33. The van der Waals surface area contributed by atoms with Gasteiger partial charge >= 0.3 is 0 Å². The largest absolute Gasteiger partial charge is 0.260 e. The maximum Gasteiger partial charge on any atom is 0.0407 e. The number of halogens is 1. The number of nitrogens with zero attached hydrogens (tertiary/aromatic N) is 1. The number of hydrogen-bond donors (Lipinski definition) is 0. The van der Waals surface area contributed by atoms with Crippen LogP contribution >= 0.6 is 22.6 Å². The Kier molecular flexibility index (Phi) is 1.87. The van der Waals surface area contributed by atoms with Crippen LogP contribution in [0.1, 0.15) is 30.0 Å². The standard InChI is InChI=1S/C9H10IN/c1-6-4-8(7-2-3-7)9(10)5-11-6/h4-5,7H,2-3H2,1H3. The molecule has 2 heteroatoms. The maximum absolute atomic E-state index is 4.24. The van der Waals surface area contributed by atoms with Crippen LogP contribution in [0.2, 0.25) is 0 Å². The van der Waals surface area contributed by atoms with Gasteiger partial charge in [0.05, 0.1) is 0 Å². The van der Waals surface area contributed by atoms with Crippen molar-refractivity contribution in [1.29, 1.82) is 0 Å². The molecule has 58 valence electrons. The second kappa shape index (κ2) is 2.73. The first-order chi connectivity index (χ1) is 5.27. The van der Waals surface area contributed by atoms with Gasteiger partial charge in [0.15, 0.2) is 0 Å². The molecule has 0 saturated heterocycles. The summed E-state index contributed by atoms with van der Waals surface area (Å²) >= 11 is 2.37. The van der Waals surface area contributed by atoms with E-state index in [0.29, 0.717) is 0 Å². The predicted molar refractivity (Wildman–Crippen MR) is 53.7 cm³/mol. The molecule has 0 N–H and O–H groups in total. The Morgan fingerprint density at radius 1 is 1.55 bits per heavy atom. The highest BCUT2D eigenvalue weighted by atomic mass is 127. The Balaban J connectivity index is 2.42. The normalized spacial score (nSPS) is 16.9. The van der Waals surface area contributed by atoms with Crippen LogP contribution in [0, 0.1) is 10.5 Å². The van der Waals surface area contributed by atoms with E-state index in [-0.39, 0.29) is 0 Å². The summed E-state index contributed by atoms with van der Waals surface area (Å²) in [5.41, 5.74) is 2.66. The fourth-order valence-corrected chi connectivity index (χ4v) is 2.01. The monoisotopic (exact) mass is 259 g/mol. The first kappa shape index (κ1) is 7.53. The molecule has 0 atom stereocenters. The van der Waals surface area contributed by atoms with Gasteiger partial charge in [0.2, 0.25) is 0 Å². The van der Waals surface area contributed by atoms with E-state index >= 15 is 0 Å². The van der Waals surface area contributed by atoms with E-state index in [2.05, 4.69) is 40.6 Å². The van der Waals surface area contributed by atoms with Gasteiger partial charge in [0.1, 0.15) is 0 Å². The van der Waals surface area contributed by atoms with Gasteiger partial charge in [0.25, 0.3) is 0 Å². The summed E-state index contributed by atoms with van der Waals surface area (Å²) in [6.45, 7) is 2.06. The van der Waals surface area contributed by atoms with Gasteiger partial charge < -0.3 is 0 Å². The molecule has 1 aromatic heterocycles. The van der Waals surface area contributed by atoms with Crippen molar-refractivity contribution in [3.63, 3.8) is 0 Å². The van der Waals surface area contributed by atoms with Crippen LogP contribution in [0.15, 0.2) is 12.3 Å². The smallest absolute Gasteiger partial charge is 0.0407 e. The molecule has 1 fully saturated rings. The number of aryl methyl sites for hydroxylation is 1. The SMILES string of the molecule is Cc1cc(C2CC2)c(I)cn1. The maximum atomic E-state index is 4.24. The highest BCUT2D eigenvalue weighted by Gasteiger charge is 2.25. The van der Waals surface area contributed by atoms with Gasteiger partial charge in [-0.15, -0.1) is 0 Å². The molecular weight excluding hydrogens is 249 g/mol. The van der Waals surface area contributed by atoms with Crippen LogP contribution in [-0.4, -0.2) is 4.98 Å². The molecule has 0 amide bonds. The Bertz CT molecular complexity index is 279. The third-order valence-electron chi connectivity index (χ3n) is 2.04. The molecule has 0 bridgehead atoms. The van der Waals surface area contributed by atoms with Gasteiger partial charge in [-0.2, -0.15) is 0 Å². The van der Waals surface area contributed by atoms with Crippen molar-refractivity contribution in [2.45, 2.75) is 25.7 Å². The second-order valence-electron chi connectivity index (χ2n) is 3.12. The zero-order valence-electron chi connectivity index (χ0n) is 6.47. The fraction of sp³-hybridized carbons (Fsp3) is 0.444. The van der Waals surface area contributed by atoms with Gasteiger partial charge in [-0.3, -0.25) is 4.98 Å². The van der Waals surface area contributed by atoms with E-state index in [0.717, 1.165) is 11.6 Å². The predicted octanol–water partition coefficient (Wildman–Crippen LogP) is 2.87. The number of aromatic nitrogens is 1. The topological polar surface area (TPSA) is 12.9 Å². The molecular formula is C9H10IN. The van der Waals surface area contributed by atoms with E-state index < -0.39 is 0 Å². The van der Waals surface area contributed by atoms with Crippen molar-refractivity contribution >= 4 is 22.6 Å². The average molecular weight is 259 g/mol. The summed E-state index contributed by atoms with van der Waals surface area (Å²) in [7, 11) is 0. The zero-order valence-corrected chi connectivity index (χ0v) is 8.63. The van der Waals surface area contributed by atoms with E-state index in [1.54, 1.807) is 0 Å². The highest BCUT2D eigenvalue weighted by Crippen LogP contribution is 2.41. The first-order valence-electron chi connectivity index (χ1n) is 3.89. The van der Waals surface area contributed by atoms with Crippen molar-refractivity contribution in [3.05, 3.63) is 27.1 Å². The number of pyridine rings is 1. The zero-order chi connectivity index (χ0) is 7.84. The van der Waals surface area contributed by atoms with Crippen molar-refractivity contribution in [1.82, 2.24) is 4.98 Å². The van der Waals surface area contributed by atoms with Crippen molar-refractivity contribution in [2.75, 3.05) is 0 Å².